The highest BCUT2D eigenvalue weighted by atomic mass is 19.1. The second-order valence-electron chi connectivity index (χ2n) is 6.77. The molecular weight excluding hydrogens is 343 g/mol. The molecule has 138 valence electrons. The Morgan fingerprint density at radius 1 is 0.926 bits per heavy atom. The van der Waals surface area contributed by atoms with Gasteiger partial charge < -0.3 is 9.80 Å². The maximum atomic E-state index is 13.1. The van der Waals surface area contributed by atoms with Gasteiger partial charge in [0.2, 0.25) is 5.95 Å². The van der Waals surface area contributed by atoms with E-state index in [1.54, 1.807) is 12.1 Å². The van der Waals surface area contributed by atoms with Gasteiger partial charge in [-0.25, -0.2) is 9.37 Å². The number of aromatic amines is 1. The molecule has 0 spiro atoms. The number of nitrogens with one attached hydrogen (secondary N) is 1. The zero-order valence-electron chi connectivity index (χ0n) is 15.2. The van der Waals surface area contributed by atoms with Crippen molar-refractivity contribution in [2.45, 2.75) is 6.92 Å². The number of aromatic nitrogens is 2. The molecule has 1 aliphatic heterocycles. The molecule has 0 bridgehead atoms. The normalized spacial score (nSPS) is 14.4. The van der Waals surface area contributed by atoms with Crippen LogP contribution in [0, 0.1) is 12.7 Å². The maximum Gasteiger partial charge on any atom is 0.252 e. The molecule has 2 heterocycles. The lowest BCUT2D eigenvalue weighted by Gasteiger charge is -2.36. The minimum absolute atomic E-state index is 0.156. The summed E-state index contributed by atoms with van der Waals surface area (Å²) in [5.41, 5.74) is 3.62. The number of benzene rings is 2. The van der Waals surface area contributed by atoms with Gasteiger partial charge >= 0.3 is 0 Å². The number of aryl methyl sites for hydroxylation is 1. The van der Waals surface area contributed by atoms with Crippen molar-refractivity contribution < 1.29 is 4.39 Å². The molecule has 2 aromatic carbocycles. The molecule has 0 radical (unpaired) electrons. The van der Waals surface area contributed by atoms with Crippen LogP contribution in [0.5, 0.6) is 0 Å². The Bertz CT molecular complexity index is 974. The maximum absolute atomic E-state index is 13.1. The number of nitrogens with zero attached hydrogens (tertiary/aromatic N) is 3. The Morgan fingerprint density at radius 3 is 2.22 bits per heavy atom. The van der Waals surface area contributed by atoms with Gasteiger partial charge in [0.05, 0.1) is 5.69 Å². The average molecular weight is 364 g/mol. The predicted octanol–water partition coefficient (Wildman–Crippen LogP) is 3.21. The number of H-pyrrole nitrogens is 1. The lowest BCUT2D eigenvalue weighted by molar-refractivity contribution is 0.623. The second-order valence-corrected chi connectivity index (χ2v) is 6.77. The van der Waals surface area contributed by atoms with E-state index in [9.17, 15) is 9.18 Å². The van der Waals surface area contributed by atoms with Gasteiger partial charge in [-0.3, -0.25) is 9.78 Å². The fraction of sp³-hybridized carbons (Fsp3) is 0.238. The minimum Gasteiger partial charge on any atom is -0.368 e. The molecular formula is C21H21FN4O. The summed E-state index contributed by atoms with van der Waals surface area (Å²) in [5.74, 6) is 0.365. The van der Waals surface area contributed by atoms with Gasteiger partial charge in [0.25, 0.3) is 5.56 Å². The standard InChI is InChI=1S/C21H21FN4O/c1-15-2-4-16(5-3-15)19-14-20(27)24-21(23-19)26-12-10-25(11-13-26)18-8-6-17(22)7-9-18/h2-9,14H,10-13H2,1H3,(H,23,24,27). The molecule has 1 fully saturated rings. The van der Waals surface area contributed by atoms with Crippen LogP contribution in [0.2, 0.25) is 0 Å². The summed E-state index contributed by atoms with van der Waals surface area (Å²) in [7, 11) is 0. The van der Waals surface area contributed by atoms with Crippen molar-refractivity contribution in [1.82, 2.24) is 9.97 Å². The molecule has 1 aromatic heterocycles. The van der Waals surface area contributed by atoms with Gasteiger partial charge in [-0.15, -0.1) is 0 Å². The third-order valence-corrected chi connectivity index (χ3v) is 4.85. The molecule has 27 heavy (non-hydrogen) atoms. The van der Waals surface area contributed by atoms with Gasteiger partial charge in [0.15, 0.2) is 0 Å². The zero-order valence-corrected chi connectivity index (χ0v) is 15.2. The molecule has 0 unspecified atom stereocenters. The number of hydrogen-bond acceptors (Lipinski definition) is 4. The monoisotopic (exact) mass is 364 g/mol. The first-order valence-corrected chi connectivity index (χ1v) is 9.02. The van der Waals surface area contributed by atoms with Gasteiger partial charge in [-0.05, 0) is 31.2 Å². The van der Waals surface area contributed by atoms with Crippen molar-refractivity contribution >= 4 is 11.6 Å². The molecule has 0 atom stereocenters. The second kappa shape index (κ2) is 7.23. The Balaban J connectivity index is 1.52. The van der Waals surface area contributed by atoms with E-state index in [0.717, 1.165) is 37.4 Å². The lowest BCUT2D eigenvalue weighted by atomic mass is 10.1. The first-order chi connectivity index (χ1) is 13.1. The molecule has 6 heteroatoms. The van der Waals surface area contributed by atoms with Gasteiger partial charge in [0.1, 0.15) is 5.82 Å². The lowest BCUT2D eigenvalue weighted by Crippen LogP contribution is -2.47. The van der Waals surface area contributed by atoms with E-state index in [4.69, 9.17) is 0 Å². The van der Waals surface area contributed by atoms with E-state index in [0.29, 0.717) is 11.6 Å². The van der Waals surface area contributed by atoms with Crippen LogP contribution in [0.15, 0.2) is 59.4 Å². The van der Waals surface area contributed by atoms with Crippen LogP contribution in [0.3, 0.4) is 0 Å². The summed E-state index contributed by atoms with van der Waals surface area (Å²) in [6.07, 6.45) is 0. The summed E-state index contributed by atoms with van der Waals surface area (Å²) >= 11 is 0. The summed E-state index contributed by atoms with van der Waals surface area (Å²) in [4.78, 5) is 24.0. The number of piperazine rings is 1. The molecule has 0 aliphatic carbocycles. The number of rotatable bonds is 3. The molecule has 1 saturated heterocycles. The van der Waals surface area contributed by atoms with Crippen LogP contribution in [0.4, 0.5) is 16.0 Å². The smallest absolute Gasteiger partial charge is 0.252 e. The van der Waals surface area contributed by atoms with Crippen molar-refractivity contribution in [1.29, 1.82) is 0 Å². The number of halogens is 1. The van der Waals surface area contributed by atoms with E-state index in [-0.39, 0.29) is 11.4 Å². The van der Waals surface area contributed by atoms with E-state index < -0.39 is 0 Å². The fourth-order valence-corrected chi connectivity index (χ4v) is 3.30. The molecule has 5 nitrogen and oxygen atoms in total. The van der Waals surface area contributed by atoms with Crippen molar-refractivity contribution in [3.05, 3.63) is 76.3 Å². The van der Waals surface area contributed by atoms with E-state index >= 15 is 0 Å². The highest BCUT2D eigenvalue weighted by Gasteiger charge is 2.19. The average Bonchev–Trinajstić information content (AvgIpc) is 2.69. The van der Waals surface area contributed by atoms with Crippen LogP contribution in [-0.2, 0) is 0 Å². The SMILES string of the molecule is Cc1ccc(-c2cc(=O)[nH]c(N3CCN(c4ccc(F)cc4)CC3)n2)cc1. The number of anilines is 2. The quantitative estimate of drug-likeness (QED) is 0.775. The highest BCUT2D eigenvalue weighted by molar-refractivity contribution is 5.60. The Labute approximate surface area is 157 Å². The topological polar surface area (TPSA) is 52.2 Å². The van der Waals surface area contributed by atoms with Crippen molar-refractivity contribution in [2.75, 3.05) is 36.0 Å². The van der Waals surface area contributed by atoms with Gasteiger partial charge in [0, 0.05) is 43.5 Å². The van der Waals surface area contributed by atoms with Crippen LogP contribution in [0.25, 0.3) is 11.3 Å². The summed E-state index contributed by atoms with van der Waals surface area (Å²) in [6, 6.07) is 16.1. The van der Waals surface area contributed by atoms with E-state index in [1.807, 2.05) is 31.2 Å². The Hall–Kier alpha value is -3.15. The van der Waals surface area contributed by atoms with Crippen LogP contribution >= 0.6 is 0 Å². The predicted molar refractivity (Wildman–Crippen MR) is 106 cm³/mol. The first kappa shape index (κ1) is 17.3. The largest absolute Gasteiger partial charge is 0.368 e. The summed E-state index contributed by atoms with van der Waals surface area (Å²) in [5, 5.41) is 0. The summed E-state index contributed by atoms with van der Waals surface area (Å²) in [6.45, 7) is 5.06. The van der Waals surface area contributed by atoms with E-state index in [2.05, 4.69) is 19.8 Å². The Kier molecular flexibility index (Phi) is 4.62. The first-order valence-electron chi connectivity index (χ1n) is 9.02. The molecule has 0 saturated carbocycles. The number of hydrogen-bond donors (Lipinski definition) is 1. The molecule has 1 N–H and O–H groups in total. The van der Waals surface area contributed by atoms with Crippen LogP contribution in [0.1, 0.15) is 5.56 Å². The third-order valence-electron chi connectivity index (χ3n) is 4.85. The van der Waals surface area contributed by atoms with Crippen LogP contribution in [-0.4, -0.2) is 36.1 Å². The zero-order chi connectivity index (χ0) is 18.8. The molecule has 0 amide bonds. The van der Waals surface area contributed by atoms with Crippen molar-refractivity contribution in [2.24, 2.45) is 0 Å². The van der Waals surface area contributed by atoms with E-state index in [1.165, 1.54) is 23.8 Å². The molecule has 1 aliphatic rings. The van der Waals surface area contributed by atoms with Crippen molar-refractivity contribution in [3.8, 4) is 11.3 Å². The van der Waals surface area contributed by atoms with Gasteiger partial charge in [-0.2, -0.15) is 0 Å². The minimum atomic E-state index is -0.230. The van der Waals surface area contributed by atoms with Crippen LogP contribution < -0.4 is 15.4 Å². The summed E-state index contributed by atoms with van der Waals surface area (Å²) < 4.78 is 13.1. The molecule has 4 rings (SSSR count). The van der Waals surface area contributed by atoms with Crippen molar-refractivity contribution in [3.63, 3.8) is 0 Å². The highest BCUT2D eigenvalue weighted by Crippen LogP contribution is 2.21. The Morgan fingerprint density at radius 2 is 1.56 bits per heavy atom. The van der Waals surface area contributed by atoms with Gasteiger partial charge in [-0.1, -0.05) is 29.8 Å². The fourth-order valence-electron chi connectivity index (χ4n) is 3.30. The third kappa shape index (κ3) is 3.84. The molecule has 3 aromatic rings.